The van der Waals surface area contributed by atoms with Crippen LogP contribution in [0.1, 0.15) is 52.9 Å². The van der Waals surface area contributed by atoms with Crippen molar-refractivity contribution >= 4 is 22.2 Å². The average Bonchev–Trinajstić information content (AvgIpc) is 2.77. The van der Waals surface area contributed by atoms with Gasteiger partial charge < -0.3 is 15.0 Å². The van der Waals surface area contributed by atoms with Gasteiger partial charge in [0.25, 0.3) is 10.2 Å². The molecule has 0 aromatic rings. The van der Waals surface area contributed by atoms with Crippen molar-refractivity contribution in [1.82, 2.24) is 18.8 Å². The summed E-state index contributed by atoms with van der Waals surface area (Å²) < 4.78 is 34.2. The fraction of sp³-hybridized carbons (Fsp3) is 0.905. The van der Waals surface area contributed by atoms with Gasteiger partial charge in [0.15, 0.2) is 0 Å². The monoisotopic (exact) mass is 458 g/mol. The molecule has 3 rings (SSSR count). The topological polar surface area (TPSA) is 99.3 Å². The third kappa shape index (κ3) is 5.70. The lowest BCUT2D eigenvalue weighted by molar-refractivity contribution is -0.127. The Labute approximate surface area is 186 Å². The molecule has 0 aromatic carbocycles. The molecule has 0 aromatic heterocycles. The van der Waals surface area contributed by atoms with Crippen LogP contribution in [-0.4, -0.2) is 85.8 Å². The van der Waals surface area contributed by atoms with Crippen LogP contribution >= 0.6 is 0 Å². The lowest BCUT2D eigenvalue weighted by atomic mass is 9.78. The van der Waals surface area contributed by atoms with Crippen LogP contribution in [0.15, 0.2) is 0 Å². The number of hydrogen-bond donors (Lipinski definition) is 1. The average molecular weight is 459 g/mol. The van der Waals surface area contributed by atoms with E-state index in [2.05, 4.69) is 19.2 Å². The van der Waals surface area contributed by atoms with Gasteiger partial charge in [0.1, 0.15) is 0 Å². The van der Waals surface area contributed by atoms with Crippen molar-refractivity contribution in [3.63, 3.8) is 0 Å². The van der Waals surface area contributed by atoms with E-state index in [0.29, 0.717) is 50.9 Å². The first-order valence-electron chi connectivity index (χ1n) is 11.7. The molecule has 0 bridgehead atoms. The minimum Gasteiger partial charge on any atom is -0.450 e. The number of carbonyl (C=O) groups excluding carboxylic acids is 2. The highest BCUT2D eigenvalue weighted by Gasteiger charge is 2.39. The van der Waals surface area contributed by atoms with E-state index in [-0.39, 0.29) is 37.5 Å². The van der Waals surface area contributed by atoms with Crippen LogP contribution in [0.4, 0.5) is 4.79 Å². The molecule has 2 aliphatic heterocycles. The largest absolute Gasteiger partial charge is 0.450 e. The van der Waals surface area contributed by atoms with Crippen molar-refractivity contribution in [3.8, 4) is 0 Å². The molecule has 3 aliphatic rings. The number of ether oxygens (including phenoxy) is 1. The maximum atomic E-state index is 13.2. The van der Waals surface area contributed by atoms with Crippen molar-refractivity contribution in [2.24, 2.45) is 17.8 Å². The summed E-state index contributed by atoms with van der Waals surface area (Å²) in [4.78, 5) is 26.3. The zero-order valence-corrected chi connectivity index (χ0v) is 19.9. The second-order valence-electron chi connectivity index (χ2n) is 9.17. The smallest absolute Gasteiger partial charge is 0.409 e. The number of nitrogens with one attached hydrogen (secondary N) is 1. The fourth-order valence-corrected chi connectivity index (χ4v) is 6.61. The highest BCUT2D eigenvalue weighted by molar-refractivity contribution is 7.86. The van der Waals surface area contributed by atoms with E-state index in [4.69, 9.17) is 4.74 Å². The molecule has 31 heavy (non-hydrogen) atoms. The molecule has 1 aliphatic carbocycles. The summed E-state index contributed by atoms with van der Waals surface area (Å²) in [6.45, 7) is 8.25. The summed E-state index contributed by atoms with van der Waals surface area (Å²) >= 11 is 0. The van der Waals surface area contributed by atoms with E-state index < -0.39 is 16.3 Å². The minimum absolute atomic E-state index is 0.0158. The van der Waals surface area contributed by atoms with Gasteiger partial charge in [0, 0.05) is 45.3 Å². The molecule has 0 spiro atoms. The summed E-state index contributed by atoms with van der Waals surface area (Å²) in [5, 5.41) is 3.22. The van der Waals surface area contributed by atoms with Crippen LogP contribution in [0.5, 0.6) is 0 Å². The van der Waals surface area contributed by atoms with E-state index in [1.54, 1.807) is 6.92 Å². The molecule has 0 unspecified atom stereocenters. The van der Waals surface area contributed by atoms with E-state index in [9.17, 15) is 18.0 Å². The summed E-state index contributed by atoms with van der Waals surface area (Å²) in [6.07, 6.45) is 4.31. The van der Waals surface area contributed by atoms with Crippen molar-refractivity contribution < 1.29 is 22.7 Å². The number of nitrogens with zero attached hydrogens (tertiary/aromatic N) is 3. The quantitative estimate of drug-likeness (QED) is 0.675. The molecular formula is C21H38N4O5S. The third-order valence-electron chi connectivity index (χ3n) is 7.21. The second-order valence-corrected chi connectivity index (χ2v) is 11.1. The predicted octanol–water partition coefficient (Wildman–Crippen LogP) is 1.66. The zero-order chi connectivity index (χ0) is 22.6. The van der Waals surface area contributed by atoms with Crippen LogP contribution in [0, 0.1) is 17.8 Å². The Balaban J connectivity index is 1.55. The Morgan fingerprint density at radius 1 is 0.968 bits per heavy atom. The summed E-state index contributed by atoms with van der Waals surface area (Å²) in [5.74, 6) is 0.708. The summed E-state index contributed by atoms with van der Waals surface area (Å²) in [5.41, 5.74) is 0. The number of hydrogen-bond acceptors (Lipinski definition) is 5. The van der Waals surface area contributed by atoms with Gasteiger partial charge in [-0.05, 0) is 38.0 Å². The Kier molecular flexibility index (Phi) is 8.20. The first-order chi connectivity index (χ1) is 14.7. The lowest BCUT2D eigenvalue weighted by Gasteiger charge is -2.39. The number of piperidine rings is 1. The first kappa shape index (κ1) is 24.3. The molecule has 3 fully saturated rings. The molecule has 0 radical (unpaired) electrons. The van der Waals surface area contributed by atoms with Gasteiger partial charge in [-0.25, -0.2) is 4.79 Å². The van der Waals surface area contributed by atoms with Gasteiger partial charge >= 0.3 is 6.09 Å². The molecule has 178 valence electrons. The highest BCUT2D eigenvalue weighted by atomic mass is 32.2. The van der Waals surface area contributed by atoms with Crippen molar-refractivity contribution in [3.05, 3.63) is 0 Å². The van der Waals surface area contributed by atoms with Crippen LogP contribution in [0.2, 0.25) is 0 Å². The lowest BCUT2D eigenvalue weighted by Crippen LogP contribution is -2.56. The SMILES string of the molecule is CCOC(=O)N1CCN(S(=O)(=O)N2CCC[C@H](C(=O)N[C@@H]3CCC[C@H](C)[C@H]3C)C2)CC1. The Hall–Kier alpha value is -1.39. The van der Waals surface area contributed by atoms with Crippen LogP contribution < -0.4 is 5.32 Å². The van der Waals surface area contributed by atoms with Crippen molar-refractivity contribution in [1.29, 1.82) is 0 Å². The van der Waals surface area contributed by atoms with Gasteiger partial charge in [-0.1, -0.05) is 26.7 Å². The summed E-state index contributed by atoms with van der Waals surface area (Å²) in [6, 6.07) is 0.180. The maximum Gasteiger partial charge on any atom is 0.409 e. The van der Waals surface area contributed by atoms with E-state index >= 15 is 0 Å². The van der Waals surface area contributed by atoms with Crippen LogP contribution in [0.25, 0.3) is 0 Å². The minimum atomic E-state index is -3.66. The number of piperazine rings is 1. The van der Waals surface area contributed by atoms with Crippen LogP contribution in [-0.2, 0) is 19.7 Å². The standard InChI is InChI=1S/C21H38N4O5S/c1-4-30-21(27)23-11-13-24(14-12-23)31(28,29)25-10-6-8-18(15-25)20(26)22-19-9-5-7-16(2)17(19)3/h16-19H,4-15H2,1-3H3,(H,22,26)/t16-,17+,18-,19+/m0/s1. The second kappa shape index (κ2) is 10.5. The fourth-order valence-electron chi connectivity index (χ4n) is 4.93. The normalized spacial score (nSPS) is 31.3. The van der Waals surface area contributed by atoms with Gasteiger partial charge in [-0.3, -0.25) is 4.79 Å². The van der Waals surface area contributed by atoms with E-state index in [0.717, 1.165) is 12.8 Å². The molecule has 4 atom stereocenters. The Morgan fingerprint density at radius 2 is 1.68 bits per heavy atom. The number of rotatable bonds is 5. The van der Waals surface area contributed by atoms with E-state index in [1.165, 1.54) is 19.9 Å². The van der Waals surface area contributed by atoms with Gasteiger partial charge in [0.05, 0.1) is 12.5 Å². The molecule has 2 heterocycles. The van der Waals surface area contributed by atoms with Crippen molar-refractivity contribution in [2.75, 3.05) is 45.9 Å². The molecule has 2 amide bonds. The maximum absolute atomic E-state index is 13.2. The number of carbonyl (C=O) groups is 2. The molecular weight excluding hydrogens is 420 g/mol. The Morgan fingerprint density at radius 3 is 2.35 bits per heavy atom. The first-order valence-corrected chi connectivity index (χ1v) is 13.1. The highest BCUT2D eigenvalue weighted by Crippen LogP contribution is 2.30. The molecule has 9 nitrogen and oxygen atoms in total. The predicted molar refractivity (Wildman–Crippen MR) is 117 cm³/mol. The van der Waals surface area contributed by atoms with Crippen molar-refractivity contribution in [2.45, 2.75) is 58.9 Å². The molecule has 2 saturated heterocycles. The molecule has 1 N–H and O–H groups in total. The summed E-state index contributed by atoms with van der Waals surface area (Å²) in [7, 11) is -3.66. The zero-order valence-electron chi connectivity index (χ0n) is 19.1. The third-order valence-corrected chi connectivity index (χ3v) is 9.21. The molecule has 10 heteroatoms. The Bertz CT molecular complexity index is 738. The molecule has 1 saturated carbocycles. The van der Waals surface area contributed by atoms with Crippen LogP contribution in [0.3, 0.4) is 0 Å². The van der Waals surface area contributed by atoms with Gasteiger partial charge in [0.2, 0.25) is 5.91 Å². The van der Waals surface area contributed by atoms with Gasteiger partial charge in [-0.2, -0.15) is 17.0 Å². The van der Waals surface area contributed by atoms with Gasteiger partial charge in [-0.15, -0.1) is 0 Å². The van der Waals surface area contributed by atoms with E-state index in [1.807, 2.05) is 0 Å². The number of amides is 2.